The van der Waals surface area contributed by atoms with Crippen LogP contribution in [0.2, 0.25) is 0 Å². The van der Waals surface area contributed by atoms with Gasteiger partial charge in [0.15, 0.2) is 0 Å². The fourth-order valence-corrected chi connectivity index (χ4v) is 4.55. The first-order valence-electron chi connectivity index (χ1n) is 13.9. The van der Waals surface area contributed by atoms with E-state index in [1.165, 1.54) is 0 Å². The molecule has 0 aliphatic heterocycles. The van der Waals surface area contributed by atoms with Crippen LogP contribution in [-0.4, -0.2) is 32.4 Å². The van der Waals surface area contributed by atoms with E-state index in [-0.39, 0.29) is 86.3 Å². The van der Waals surface area contributed by atoms with E-state index in [2.05, 4.69) is 13.8 Å². The van der Waals surface area contributed by atoms with Crippen LogP contribution < -0.4 is 59.1 Å². The van der Waals surface area contributed by atoms with E-state index in [4.69, 9.17) is 5.11 Å². The molecule has 3 rings (SSSR count). The Morgan fingerprint density at radius 2 is 1.22 bits per heavy atom. The molecule has 214 valence electrons. The van der Waals surface area contributed by atoms with Gasteiger partial charge < -0.3 is 23.3 Å². The van der Waals surface area contributed by atoms with Gasteiger partial charge in [0.2, 0.25) is 0 Å². The fraction of sp³-hybridized carbons (Fsp3) is 0.394. The van der Waals surface area contributed by atoms with Crippen LogP contribution in [0.1, 0.15) is 88.6 Å². The average Bonchev–Trinajstić information content (AvgIpc) is 2.89. The number of benzene rings is 3. The molecule has 0 saturated carbocycles. The number of hydrogen-bond acceptors (Lipinski definition) is 4. The van der Waals surface area contributed by atoms with Gasteiger partial charge in [-0.05, 0) is 54.0 Å². The predicted molar refractivity (Wildman–Crippen MR) is 157 cm³/mol. The number of carboxylic acid groups (broad SMARTS) is 2. The first kappa shape index (κ1) is 39.2. The topological polar surface area (TPSA) is 115 Å². The second-order valence-corrected chi connectivity index (χ2v) is 9.90. The molecule has 0 spiro atoms. The molecule has 6 nitrogen and oxygen atoms in total. The minimum Gasteiger partial charge on any atom is -1.00 e. The normalized spacial score (nSPS) is 10.0. The Bertz CT molecular complexity index is 1210. The molecule has 0 atom stereocenters. The molecule has 0 aromatic heterocycles. The van der Waals surface area contributed by atoms with Crippen LogP contribution in [0.3, 0.4) is 0 Å². The van der Waals surface area contributed by atoms with Crippen molar-refractivity contribution in [3.8, 4) is 11.5 Å². The summed E-state index contributed by atoms with van der Waals surface area (Å²) in [5.74, 6) is -1.43. The standard InChI is InChI=1S/C20H24O3.C13H18O3.2Na.2H/c1-2-3-5-10-16-11-17(14-20(22)23)18(19(21)13-16)12-15-8-6-4-7-9-15;1-2-3-4-6-10-7-5-8-11(13(10)16)9-12(14)15;;;;/h4,6-9,11,13,21H,2-3,5,10,12,14H2,1H3,(H,22,23);5,7-8,16H,2-4,6,9H2,1H3,(H,14,15);;;;/q;;2*+1;2*-1. The molecule has 3 aromatic rings. The molecule has 0 fully saturated rings. The van der Waals surface area contributed by atoms with Gasteiger partial charge in [-0.1, -0.05) is 94.1 Å². The SMILES string of the molecule is CCCCCc1cc(O)c(Cc2ccccc2)c(CC(=O)O)c1.CCCCCc1cccc(CC(=O)O)c1O.[H-].[H-].[Na+].[Na+]. The van der Waals surface area contributed by atoms with E-state index < -0.39 is 11.9 Å². The van der Waals surface area contributed by atoms with E-state index >= 15 is 0 Å². The van der Waals surface area contributed by atoms with Crippen LogP contribution >= 0.6 is 0 Å². The molecule has 3 aromatic carbocycles. The van der Waals surface area contributed by atoms with Gasteiger partial charge in [0.1, 0.15) is 11.5 Å². The van der Waals surface area contributed by atoms with Gasteiger partial charge in [-0.25, -0.2) is 0 Å². The van der Waals surface area contributed by atoms with E-state index in [0.29, 0.717) is 17.5 Å². The maximum absolute atomic E-state index is 11.2. The molecule has 0 heterocycles. The van der Waals surface area contributed by atoms with Gasteiger partial charge in [0.05, 0.1) is 12.8 Å². The van der Waals surface area contributed by atoms with Crippen LogP contribution in [-0.2, 0) is 41.7 Å². The van der Waals surface area contributed by atoms with Crippen molar-refractivity contribution in [2.24, 2.45) is 0 Å². The van der Waals surface area contributed by atoms with Gasteiger partial charge in [-0.3, -0.25) is 9.59 Å². The van der Waals surface area contributed by atoms with Crippen LogP contribution in [0.25, 0.3) is 0 Å². The zero-order valence-corrected chi connectivity index (χ0v) is 29.2. The van der Waals surface area contributed by atoms with Crippen molar-refractivity contribution in [2.75, 3.05) is 0 Å². The largest absolute Gasteiger partial charge is 1.00 e. The third-order valence-corrected chi connectivity index (χ3v) is 6.61. The number of aromatic hydroxyl groups is 2. The van der Waals surface area contributed by atoms with Crippen LogP contribution in [0, 0.1) is 0 Å². The molecule has 0 aliphatic rings. The number of rotatable bonds is 14. The summed E-state index contributed by atoms with van der Waals surface area (Å²) in [6.07, 6.45) is 8.68. The Kier molecular flexibility index (Phi) is 20.9. The molecule has 0 aliphatic carbocycles. The first-order valence-corrected chi connectivity index (χ1v) is 13.9. The van der Waals surface area contributed by atoms with Crippen LogP contribution in [0.4, 0.5) is 0 Å². The van der Waals surface area contributed by atoms with Crippen LogP contribution in [0.5, 0.6) is 11.5 Å². The fourth-order valence-electron chi connectivity index (χ4n) is 4.55. The quantitative estimate of drug-likeness (QED) is 0.169. The summed E-state index contributed by atoms with van der Waals surface area (Å²) in [6.45, 7) is 4.27. The number of phenolic OH excluding ortho intramolecular Hbond substituents is 2. The minimum atomic E-state index is -0.916. The average molecular weight is 583 g/mol. The Morgan fingerprint density at radius 1 is 0.659 bits per heavy atom. The van der Waals surface area contributed by atoms with Crippen molar-refractivity contribution in [2.45, 2.75) is 84.5 Å². The number of phenols is 2. The second kappa shape index (κ2) is 21.8. The maximum atomic E-state index is 11.2. The molecule has 0 unspecified atom stereocenters. The molecular formula is C33H44Na2O6. The summed E-state index contributed by atoms with van der Waals surface area (Å²) in [7, 11) is 0. The summed E-state index contributed by atoms with van der Waals surface area (Å²) in [4.78, 5) is 21.8. The van der Waals surface area contributed by atoms with Gasteiger partial charge in [-0.2, -0.15) is 0 Å². The zero-order valence-electron chi connectivity index (χ0n) is 27.2. The van der Waals surface area contributed by atoms with E-state index in [1.54, 1.807) is 18.2 Å². The third kappa shape index (κ3) is 14.8. The van der Waals surface area contributed by atoms with Crippen LogP contribution in [0.15, 0.2) is 60.7 Å². The number of carboxylic acids is 2. The van der Waals surface area contributed by atoms with E-state index in [1.807, 2.05) is 42.5 Å². The van der Waals surface area contributed by atoms with Gasteiger partial charge in [0.25, 0.3) is 0 Å². The molecule has 0 bridgehead atoms. The summed E-state index contributed by atoms with van der Waals surface area (Å²) in [5.41, 5.74) is 4.87. The van der Waals surface area contributed by atoms with Crippen molar-refractivity contribution in [3.05, 3.63) is 94.0 Å². The van der Waals surface area contributed by atoms with E-state index in [9.17, 15) is 24.9 Å². The Hall–Kier alpha value is -1.80. The van der Waals surface area contributed by atoms with Crippen molar-refractivity contribution in [1.29, 1.82) is 0 Å². The van der Waals surface area contributed by atoms with E-state index in [0.717, 1.165) is 73.6 Å². The number of carbonyl (C=O) groups is 2. The molecule has 41 heavy (non-hydrogen) atoms. The maximum Gasteiger partial charge on any atom is 1.00 e. The Balaban J connectivity index is -0.000000717. The first-order chi connectivity index (χ1) is 18.7. The smallest absolute Gasteiger partial charge is 1.00 e. The number of unbranched alkanes of at least 4 members (excludes halogenated alkanes) is 4. The zero-order chi connectivity index (χ0) is 28.6. The summed E-state index contributed by atoms with van der Waals surface area (Å²) >= 11 is 0. The monoisotopic (exact) mass is 582 g/mol. The number of para-hydroxylation sites is 1. The summed E-state index contributed by atoms with van der Waals surface area (Å²) in [6, 6.07) is 18.9. The molecule has 0 amide bonds. The van der Waals surface area contributed by atoms with Gasteiger partial charge >= 0.3 is 71.1 Å². The number of aliphatic carboxylic acids is 2. The number of hydrogen-bond donors (Lipinski definition) is 4. The summed E-state index contributed by atoms with van der Waals surface area (Å²) < 4.78 is 0. The molecule has 0 radical (unpaired) electrons. The number of aryl methyl sites for hydroxylation is 2. The third-order valence-electron chi connectivity index (χ3n) is 6.61. The Labute approximate surface area is 291 Å². The van der Waals surface area contributed by atoms with Crippen molar-refractivity contribution < 1.29 is 92.0 Å². The van der Waals surface area contributed by atoms with Gasteiger partial charge in [-0.15, -0.1) is 0 Å². The van der Waals surface area contributed by atoms with Crippen molar-refractivity contribution >= 4 is 11.9 Å². The molecular weight excluding hydrogens is 538 g/mol. The van der Waals surface area contributed by atoms with Crippen molar-refractivity contribution in [1.82, 2.24) is 0 Å². The van der Waals surface area contributed by atoms with Gasteiger partial charge in [0, 0.05) is 17.5 Å². The van der Waals surface area contributed by atoms with Crippen molar-refractivity contribution in [3.63, 3.8) is 0 Å². The summed E-state index contributed by atoms with van der Waals surface area (Å²) in [5, 5.41) is 38.1. The Morgan fingerprint density at radius 3 is 1.80 bits per heavy atom. The molecule has 8 heteroatoms. The predicted octanol–water partition coefficient (Wildman–Crippen LogP) is 1.33. The minimum absolute atomic E-state index is 0. The molecule has 4 N–H and O–H groups in total. The second-order valence-electron chi connectivity index (χ2n) is 9.90. The molecule has 0 saturated heterocycles.